The number of carbonyl (C=O) groups is 1. The summed E-state index contributed by atoms with van der Waals surface area (Å²) in [5.74, 6) is -0.481. The van der Waals surface area contributed by atoms with E-state index in [-0.39, 0.29) is 23.0 Å². The summed E-state index contributed by atoms with van der Waals surface area (Å²) in [5.41, 5.74) is 5.01. The van der Waals surface area contributed by atoms with Crippen LogP contribution in [0, 0.1) is 10.1 Å². The summed E-state index contributed by atoms with van der Waals surface area (Å²) in [6, 6.07) is 1.20. The molecule has 1 amide bonds. The molecule has 2 heterocycles. The van der Waals surface area contributed by atoms with Gasteiger partial charge in [0, 0.05) is 24.0 Å². The van der Waals surface area contributed by atoms with Crippen molar-refractivity contribution in [1.82, 2.24) is 15.3 Å². The average Bonchev–Trinajstić information content (AvgIpc) is 2.98. The van der Waals surface area contributed by atoms with Crippen LogP contribution in [0.3, 0.4) is 0 Å². The van der Waals surface area contributed by atoms with E-state index in [0.29, 0.717) is 6.54 Å². The fourth-order valence-corrected chi connectivity index (χ4v) is 2.40. The van der Waals surface area contributed by atoms with Gasteiger partial charge in [-0.3, -0.25) is 14.9 Å². The Morgan fingerprint density at radius 1 is 1.57 bits per heavy atom. The largest absolute Gasteiger partial charge is 0.384 e. The number of nitrogen functional groups attached to an aromatic ring is 1. The molecule has 0 bridgehead atoms. The molecular formula is C12H13N5O3S. The van der Waals surface area contributed by atoms with Crippen LogP contribution in [-0.2, 0) is 0 Å². The Balaban J connectivity index is 2.10. The van der Waals surface area contributed by atoms with E-state index in [2.05, 4.69) is 15.3 Å². The number of carbonyl (C=O) groups excluding carboxylic acids is 1. The maximum absolute atomic E-state index is 12.1. The van der Waals surface area contributed by atoms with Crippen molar-refractivity contribution in [2.75, 3.05) is 12.3 Å². The van der Waals surface area contributed by atoms with Crippen LogP contribution in [0.1, 0.15) is 28.2 Å². The van der Waals surface area contributed by atoms with Crippen molar-refractivity contribution >= 4 is 28.7 Å². The Morgan fingerprint density at radius 3 is 2.95 bits per heavy atom. The van der Waals surface area contributed by atoms with E-state index in [4.69, 9.17) is 5.73 Å². The quantitative estimate of drug-likeness (QED) is 0.638. The molecule has 0 aliphatic heterocycles. The van der Waals surface area contributed by atoms with Crippen LogP contribution in [0.4, 0.5) is 11.5 Å². The molecule has 0 saturated carbocycles. The molecule has 8 nitrogen and oxygen atoms in total. The number of anilines is 1. The zero-order valence-electron chi connectivity index (χ0n) is 11.1. The number of hydrogen-bond donors (Lipinski definition) is 2. The zero-order valence-corrected chi connectivity index (χ0v) is 12.0. The number of nitrogens with zero attached hydrogens (tertiary/aromatic N) is 3. The summed E-state index contributed by atoms with van der Waals surface area (Å²) in [6.07, 6.45) is 2.67. The van der Waals surface area contributed by atoms with Crippen molar-refractivity contribution in [3.63, 3.8) is 0 Å². The van der Waals surface area contributed by atoms with E-state index in [9.17, 15) is 14.9 Å². The molecule has 0 fully saturated rings. The fraction of sp³-hybridized carbons (Fsp3) is 0.250. The predicted molar refractivity (Wildman–Crippen MR) is 78.2 cm³/mol. The number of nitro groups is 1. The van der Waals surface area contributed by atoms with E-state index in [0.717, 1.165) is 11.2 Å². The van der Waals surface area contributed by atoms with Crippen LogP contribution in [0.5, 0.6) is 0 Å². The van der Waals surface area contributed by atoms with E-state index in [1.54, 1.807) is 6.20 Å². The number of nitrogens with one attached hydrogen (secondary N) is 1. The third-order valence-electron chi connectivity index (χ3n) is 2.79. The molecule has 2 aromatic rings. The molecule has 0 radical (unpaired) electrons. The standard InChI is InChI=1S/C12H13N5O3S/c1-7(12-14-2-3-21-12)5-16-11(18)8-4-10(13)15-6-9(8)17(19)20/h2-4,6-7H,5H2,1H3,(H2,13,15)(H,16,18). The van der Waals surface area contributed by atoms with E-state index in [1.807, 2.05) is 12.3 Å². The van der Waals surface area contributed by atoms with Gasteiger partial charge < -0.3 is 11.1 Å². The molecule has 1 unspecified atom stereocenters. The summed E-state index contributed by atoms with van der Waals surface area (Å²) in [4.78, 5) is 30.1. The Kier molecular flexibility index (Phi) is 4.43. The predicted octanol–water partition coefficient (Wildman–Crippen LogP) is 1.56. The van der Waals surface area contributed by atoms with Crippen molar-refractivity contribution in [3.05, 3.63) is 44.5 Å². The van der Waals surface area contributed by atoms with Crippen LogP contribution >= 0.6 is 11.3 Å². The van der Waals surface area contributed by atoms with Gasteiger partial charge in [-0.2, -0.15) is 0 Å². The van der Waals surface area contributed by atoms with Gasteiger partial charge >= 0.3 is 0 Å². The molecule has 3 N–H and O–H groups in total. The van der Waals surface area contributed by atoms with Crippen molar-refractivity contribution in [1.29, 1.82) is 0 Å². The normalized spacial score (nSPS) is 11.9. The first-order valence-electron chi connectivity index (χ1n) is 6.06. The first-order valence-corrected chi connectivity index (χ1v) is 6.94. The fourth-order valence-electron chi connectivity index (χ4n) is 1.70. The lowest BCUT2D eigenvalue weighted by atomic mass is 10.1. The number of amides is 1. The lowest BCUT2D eigenvalue weighted by Gasteiger charge is -2.10. The van der Waals surface area contributed by atoms with E-state index in [1.165, 1.54) is 17.4 Å². The SMILES string of the molecule is CC(CNC(=O)c1cc(N)ncc1[N+](=O)[O-])c1nccs1. The molecule has 110 valence electrons. The van der Waals surface area contributed by atoms with E-state index < -0.39 is 10.8 Å². The highest BCUT2D eigenvalue weighted by molar-refractivity contribution is 7.09. The van der Waals surface area contributed by atoms with Crippen LogP contribution in [0.25, 0.3) is 0 Å². The molecule has 2 rings (SSSR count). The number of aromatic nitrogens is 2. The Labute approximate surface area is 124 Å². The van der Waals surface area contributed by atoms with Crippen molar-refractivity contribution in [2.24, 2.45) is 0 Å². The van der Waals surface area contributed by atoms with Gasteiger partial charge in [-0.05, 0) is 6.07 Å². The second-order valence-electron chi connectivity index (χ2n) is 4.36. The monoisotopic (exact) mass is 307 g/mol. The minimum Gasteiger partial charge on any atom is -0.384 e. The third-order valence-corrected chi connectivity index (χ3v) is 3.79. The molecule has 0 aliphatic rings. The number of hydrogen-bond acceptors (Lipinski definition) is 7. The van der Waals surface area contributed by atoms with Crippen molar-refractivity contribution in [2.45, 2.75) is 12.8 Å². The molecule has 0 spiro atoms. The third kappa shape index (κ3) is 3.51. The number of nitrogens with two attached hydrogens (primary N) is 1. The van der Waals surface area contributed by atoms with Gasteiger partial charge in [0.05, 0.1) is 9.93 Å². The van der Waals surface area contributed by atoms with E-state index >= 15 is 0 Å². The highest BCUT2D eigenvalue weighted by Crippen LogP contribution is 2.20. The number of pyridine rings is 1. The van der Waals surface area contributed by atoms with Gasteiger partial charge in [-0.25, -0.2) is 9.97 Å². The van der Waals surface area contributed by atoms with Gasteiger partial charge in [-0.15, -0.1) is 11.3 Å². The van der Waals surface area contributed by atoms with Gasteiger partial charge in [0.25, 0.3) is 11.6 Å². The Hall–Kier alpha value is -2.55. The molecule has 0 aliphatic carbocycles. The molecule has 0 saturated heterocycles. The maximum atomic E-state index is 12.1. The van der Waals surface area contributed by atoms with Gasteiger partial charge in [0.1, 0.15) is 17.6 Å². The summed E-state index contributed by atoms with van der Waals surface area (Å²) in [7, 11) is 0. The first-order chi connectivity index (χ1) is 9.99. The molecule has 21 heavy (non-hydrogen) atoms. The molecule has 0 aromatic carbocycles. The average molecular weight is 307 g/mol. The summed E-state index contributed by atoms with van der Waals surface area (Å²) >= 11 is 1.49. The van der Waals surface area contributed by atoms with Crippen LogP contribution in [0.2, 0.25) is 0 Å². The van der Waals surface area contributed by atoms with Crippen molar-refractivity contribution < 1.29 is 9.72 Å². The zero-order chi connectivity index (χ0) is 15.4. The minimum absolute atomic E-state index is 0.0205. The van der Waals surface area contributed by atoms with Crippen molar-refractivity contribution in [3.8, 4) is 0 Å². The number of thiazole rings is 1. The smallest absolute Gasteiger partial charge is 0.300 e. The molecule has 1 atom stereocenters. The summed E-state index contributed by atoms with van der Waals surface area (Å²) in [6.45, 7) is 2.24. The van der Waals surface area contributed by atoms with Crippen LogP contribution < -0.4 is 11.1 Å². The van der Waals surface area contributed by atoms with Crippen LogP contribution in [0.15, 0.2) is 23.8 Å². The Morgan fingerprint density at radius 2 is 2.33 bits per heavy atom. The maximum Gasteiger partial charge on any atom is 0.300 e. The summed E-state index contributed by atoms with van der Waals surface area (Å²) < 4.78 is 0. The first kappa shape index (κ1) is 14.9. The highest BCUT2D eigenvalue weighted by atomic mass is 32.1. The summed E-state index contributed by atoms with van der Waals surface area (Å²) in [5, 5.41) is 16.3. The number of rotatable bonds is 5. The minimum atomic E-state index is -0.661. The van der Waals surface area contributed by atoms with Gasteiger partial charge in [0.15, 0.2) is 0 Å². The van der Waals surface area contributed by atoms with Gasteiger partial charge in [0.2, 0.25) is 0 Å². The molecular weight excluding hydrogens is 294 g/mol. The second-order valence-corrected chi connectivity index (χ2v) is 5.29. The topological polar surface area (TPSA) is 124 Å². The second kappa shape index (κ2) is 6.27. The molecule has 9 heteroatoms. The lowest BCUT2D eigenvalue weighted by Crippen LogP contribution is -2.28. The molecule has 2 aromatic heterocycles. The lowest BCUT2D eigenvalue weighted by molar-refractivity contribution is -0.385. The van der Waals surface area contributed by atoms with Crippen LogP contribution in [-0.4, -0.2) is 27.3 Å². The Bertz CT molecular complexity index is 659. The highest BCUT2D eigenvalue weighted by Gasteiger charge is 2.21. The van der Waals surface area contributed by atoms with Gasteiger partial charge in [-0.1, -0.05) is 6.92 Å².